The Labute approximate surface area is 111 Å². The second-order valence-corrected chi connectivity index (χ2v) is 5.79. The summed E-state index contributed by atoms with van der Waals surface area (Å²) in [6.45, 7) is 5.26. The number of alkyl halides is 2. The summed E-state index contributed by atoms with van der Waals surface area (Å²) < 4.78 is 31.8. The molecular formula is C14H17F2NO2. The maximum Gasteiger partial charge on any atom is 0.408 e. The molecule has 1 aromatic carbocycles. The Balaban J connectivity index is 2.28. The third-order valence-electron chi connectivity index (χ3n) is 3.19. The number of nitrogens with one attached hydrogen (secondary N) is 1. The molecule has 1 N–H and O–H groups in total. The Morgan fingerprint density at radius 1 is 1.26 bits per heavy atom. The Morgan fingerprint density at radius 2 is 1.84 bits per heavy atom. The second kappa shape index (κ2) is 4.47. The van der Waals surface area contributed by atoms with Crippen LogP contribution in [-0.2, 0) is 10.2 Å². The van der Waals surface area contributed by atoms with Crippen LogP contribution in [0.4, 0.5) is 13.6 Å². The second-order valence-electron chi connectivity index (χ2n) is 5.79. The summed E-state index contributed by atoms with van der Waals surface area (Å²) in [5, 5.41) is 2.17. The number of amides is 1. The predicted octanol–water partition coefficient (Wildman–Crippen LogP) is 3.40. The monoisotopic (exact) mass is 269 g/mol. The number of rotatable bonds is 1. The van der Waals surface area contributed by atoms with Crippen molar-refractivity contribution in [3.63, 3.8) is 0 Å². The first-order chi connectivity index (χ1) is 8.70. The molecule has 19 heavy (non-hydrogen) atoms. The molecule has 1 heterocycles. The van der Waals surface area contributed by atoms with Gasteiger partial charge in [-0.15, -0.1) is 0 Å². The van der Waals surface area contributed by atoms with E-state index in [0.29, 0.717) is 5.56 Å². The maximum absolute atomic E-state index is 13.7. The van der Waals surface area contributed by atoms with E-state index in [1.54, 1.807) is 12.1 Å². The molecule has 0 aromatic heterocycles. The van der Waals surface area contributed by atoms with Crippen molar-refractivity contribution in [3.8, 4) is 0 Å². The van der Waals surface area contributed by atoms with Crippen LogP contribution >= 0.6 is 0 Å². The van der Waals surface area contributed by atoms with E-state index in [0.717, 1.165) is 5.56 Å². The first kappa shape index (κ1) is 13.8. The van der Waals surface area contributed by atoms with Gasteiger partial charge in [0.05, 0.1) is 0 Å². The Hall–Kier alpha value is -1.65. The molecule has 2 rings (SSSR count). The fourth-order valence-corrected chi connectivity index (χ4v) is 2.01. The Bertz CT molecular complexity index is 477. The maximum atomic E-state index is 13.7. The van der Waals surface area contributed by atoms with E-state index in [9.17, 15) is 13.6 Å². The minimum absolute atomic E-state index is 0.0417. The van der Waals surface area contributed by atoms with Crippen molar-refractivity contribution >= 4 is 6.09 Å². The van der Waals surface area contributed by atoms with E-state index in [1.165, 1.54) is 0 Å². The van der Waals surface area contributed by atoms with Crippen LogP contribution in [0.3, 0.4) is 0 Å². The van der Waals surface area contributed by atoms with Gasteiger partial charge in [0, 0.05) is 0 Å². The summed E-state index contributed by atoms with van der Waals surface area (Å²) in [4.78, 5) is 11.1. The van der Waals surface area contributed by atoms with Crippen molar-refractivity contribution < 1.29 is 18.3 Å². The molecule has 1 fully saturated rings. The molecule has 1 atom stereocenters. The average Bonchev–Trinajstić information content (AvgIpc) is 2.31. The number of alkyl carbamates (subject to hydrolysis) is 1. The fraction of sp³-hybridized carbons (Fsp3) is 0.500. The first-order valence-electron chi connectivity index (χ1n) is 6.12. The van der Waals surface area contributed by atoms with Crippen LogP contribution in [0.15, 0.2) is 24.3 Å². The summed E-state index contributed by atoms with van der Waals surface area (Å²) in [6.07, 6.45) is -0.809. The van der Waals surface area contributed by atoms with Gasteiger partial charge in [0.25, 0.3) is 0 Å². The molecule has 1 aliphatic heterocycles. The summed E-state index contributed by atoms with van der Waals surface area (Å²) in [6, 6.07) is 5.55. The van der Waals surface area contributed by atoms with Crippen molar-refractivity contribution in [2.75, 3.05) is 6.61 Å². The van der Waals surface area contributed by atoms with Gasteiger partial charge in [-0.1, -0.05) is 45.0 Å². The van der Waals surface area contributed by atoms with Crippen LogP contribution in [0, 0.1) is 0 Å². The number of cyclic esters (lactones) is 1. The van der Waals surface area contributed by atoms with E-state index in [1.807, 2.05) is 32.9 Å². The van der Waals surface area contributed by atoms with Gasteiger partial charge in [-0.3, -0.25) is 0 Å². The van der Waals surface area contributed by atoms with Gasteiger partial charge < -0.3 is 10.1 Å². The molecule has 1 saturated heterocycles. The smallest absolute Gasteiger partial charge is 0.408 e. The molecular weight excluding hydrogens is 252 g/mol. The van der Waals surface area contributed by atoms with Crippen molar-refractivity contribution in [2.24, 2.45) is 0 Å². The van der Waals surface area contributed by atoms with Crippen LogP contribution in [0.5, 0.6) is 0 Å². The standard InChI is InChI=1S/C14H17F2NO2/c1-13(2,3)10-6-4-9(5-7-10)11-14(15,16)8-19-12(18)17-11/h4-7,11H,8H2,1-3H3,(H,17,18)/t11-/m1/s1. The summed E-state index contributed by atoms with van der Waals surface area (Å²) in [5.74, 6) is -3.10. The zero-order chi connectivity index (χ0) is 14.3. The van der Waals surface area contributed by atoms with E-state index < -0.39 is 24.7 Å². The van der Waals surface area contributed by atoms with Crippen molar-refractivity contribution in [1.29, 1.82) is 0 Å². The van der Waals surface area contributed by atoms with Gasteiger partial charge in [-0.2, -0.15) is 0 Å². The van der Waals surface area contributed by atoms with Crippen molar-refractivity contribution in [1.82, 2.24) is 5.32 Å². The summed E-state index contributed by atoms with van der Waals surface area (Å²) >= 11 is 0. The molecule has 3 nitrogen and oxygen atoms in total. The van der Waals surface area contributed by atoms with Crippen LogP contribution in [0.1, 0.15) is 37.9 Å². The van der Waals surface area contributed by atoms with Gasteiger partial charge in [-0.05, 0) is 16.5 Å². The highest BCUT2D eigenvalue weighted by Crippen LogP contribution is 2.35. The van der Waals surface area contributed by atoms with Crippen LogP contribution in [0.25, 0.3) is 0 Å². The van der Waals surface area contributed by atoms with E-state index in [4.69, 9.17) is 0 Å². The van der Waals surface area contributed by atoms with E-state index in [-0.39, 0.29) is 5.41 Å². The summed E-state index contributed by atoms with van der Waals surface area (Å²) in [7, 11) is 0. The number of carbonyl (C=O) groups is 1. The lowest BCUT2D eigenvalue weighted by molar-refractivity contribution is -0.104. The fourth-order valence-electron chi connectivity index (χ4n) is 2.01. The highest BCUT2D eigenvalue weighted by atomic mass is 19.3. The molecule has 0 saturated carbocycles. The number of hydrogen-bond acceptors (Lipinski definition) is 2. The molecule has 0 spiro atoms. The highest BCUT2D eigenvalue weighted by Gasteiger charge is 2.46. The number of carbonyl (C=O) groups excluding carboxylic acids is 1. The Morgan fingerprint density at radius 3 is 2.37 bits per heavy atom. The largest absolute Gasteiger partial charge is 0.443 e. The molecule has 0 unspecified atom stereocenters. The molecule has 1 aromatic rings. The predicted molar refractivity (Wildman–Crippen MR) is 67.3 cm³/mol. The van der Waals surface area contributed by atoms with Gasteiger partial charge in [-0.25, -0.2) is 13.6 Å². The molecule has 1 aliphatic rings. The van der Waals surface area contributed by atoms with Gasteiger partial charge in [0.2, 0.25) is 0 Å². The molecule has 1 amide bonds. The minimum Gasteiger partial charge on any atom is -0.443 e. The Kier molecular flexibility index (Phi) is 3.24. The van der Waals surface area contributed by atoms with Crippen LogP contribution < -0.4 is 5.32 Å². The topological polar surface area (TPSA) is 38.3 Å². The first-order valence-corrected chi connectivity index (χ1v) is 6.12. The lowest BCUT2D eigenvalue weighted by Gasteiger charge is -2.32. The van der Waals surface area contributed by atoms with Crippen molar-refractivity contribution in [3.05, 3.63) is 35.4 Å². The van der Waals surface area contributed by atoms with E-state index in [2.05, 4.69) is 10.1 Å². The molecule has 5 heteroatoms. The molecule has 0 bridgehead atoms. The quantitative estimate of drug-likeness (QED) is 0.848. The number of hydrogen-bond donors (Lipinski definition) is 1. The molecule has 0 aliphatic carbocycles. The number of halogens is 2. The molecule has 104 valence electrons. The highest BCUT2D eigenvalue weighted by molar-refractivity contribution is 5.69. The summed E-state index contributed by atoms with van der Waals surface area (Å²) in [5.41, 5.74) is 1.40. The number of ether oxygens (including phenoxy) is 1. The SMILES string of the molecule is CC(C)(C)c1ccc([C@H]2NC(=O)OCC2(F)F)cc1. The molecule has 0 radical (unpaired) electrons. The zero-order valence-electron chi connectivity index (χ0n) is 11.2. The van der Waals surface area contributed by atoms with E-state index >= 15 is 0 Å². The van der Waals surface area contributed by atoms with Gasteiger partial charge >= 0.3 is 12.0 Å². The number of benzene rings is 1. The van der Waals surface area contributed by atoms with Gasteiger partial charge in [0.15, 0.2) is 6.61 Å². The van der Waals surface area contributed by atoms with Crippen LogP contribution in [-0.4, -0.2) is 18.6 Å². The lowest BCUT2D eigenvalue weighted by atomic mass is 9.86. The minimum atomic E-state index is -3.10. The third-order valence-corrected chi connectivity index (χ3v) is 3.19. The normalized spacial score (nSPS) is 22.6. The lowest BCUT2D eigenvalue weighted by Crippen LogP contribution is -2.49. The van der Waals surface area contributed by atoms with Crippen LogP contribution in [0.2, 0.25) is 0 Å². The van der Waals surface area contributed by atoms with Crippen molar-refractivity contribution in [2.45, 2.75) is 38.2 Å². The van der Waals surface area contributed by atoms with Gasteiger partial charge in [0.1, 0.15) is 6.04 Å². The third kappa shape index (κ3) is 2.85. The zero-order valence-corrected chi connectivity index (χ0v) is 11.2. The average molecular weight is 269 g/mol.